The monoisotopic (exact) mass is 770 g/mol. The van der Waals surface area contributed by atoms with E-state index in [0.29, 0.717) is 12.1 Å². The van der Waals surface area contributed by atoms with Crippen molar-refractivity contribution in [2.75, 3.05) is 10.6 Å². The van der Waals surface area contributed by atoms with Crippen LogP contribution in [0.25, 0.3) is 12.2 Å². The maximum Gasteiger partial charge on any atom is 0.295 e. The number of phenols is 2. The smallest absolute Gasteiger partial charge is 0.295 e. The summed E-state index contributed by atoms with van der Waals surface area (Å²) in [6.07, 6.45) is 1.99. The van der Waals surface area contributed by atoms with Gasteiger partial charge in [-0.25, -0.2) is 0 Å². The van der Waals surface area contributed by atoms with Gasteiger partial charge in [0, 0.05) is 11.4 Å². The molecule has 2 amide bonds. The Hall–Kier alpha value is -5.20. The maximum absolute atomic E-state index is 12.7. The lowest BCUT2D eigenvalue weighted by atomic mass is 10.1. The van der Waals surface area contributed by atoms with E-state index in [2.05, 4.69) is 10.6 Å². The molecule has 50 heavy (non-hydrogen) atoms. The van der Waals surface area contributed by atoms with Gasteiger partial charge < -0.3 is 20.8 Å². The van der Waals surface area contributed by atoms with Crippen LogP contribution in [0.3, 0.4) is 0 Å². The van der Waals surface area contributed by atoms with E-state index in [1.54, 1.807) is 0 Å². The summed E-state index contributed by atoms with van der Waals surface area (Å²) in [6.45, 7) is 0. The van der Waals surface area contributed by atoms with Gasteiger partial charge in [-0.2, -0.15) is 33.7 Å². The molecule has 0 saturated carbocycles. The summed E-state index contributed by atoms with van der Waals surface area (Å²) in [5, 5.41) is 24.4. The second-order valence-corrected chi connectivity index (χ2v) is 15.6. The van der Waals surface area contributed by atoms with Gasteiger partial charge in [-0.05, 0) is 71.8 Å². The Morgan fingerprint density at radius 2 is 0.820 bits per heavy atom. The fourth-order valence-electron chi connectivity index (χ4n) is 4.24. The molecule has 4 rings (SSSR count). The molecular formula is C28H22N2O16S4. The first-order valence-electron chi connectivity index (χ1n) is 13.1. The highest BCUT2D eigenvalue weighted by Gasteiger charge is 2.22. The summed E-state index contributed by atoms with van der Waals surface area (Å²) in [5.41, 5.74) is -2.40. The number of benzene rings is 4. The number of amides is 2. The van der Waals surface area contributed by atoms with Crippen LogP contribution in [-0.2, 0) is 40.5 Å². The summed E-state index contributed by atoms with van der Waals surface area (Å²) in [6, 6.07) is 10.4. The van der Waals surface area contributed by atoms with Crippen LogP contribution in [-0.4, -0.2) is 73.9 Å². The van der Waals surface area contributed by atoms with Gasteiger partial charge in [0.25, 0.3) is 52.3 Å². The number of hydrogen-bond donors (Lipinski definition) is 8. The minimum Gasteiger partial charge on any atom is -0.507 e. The minimum absolute atomic E-state index is 0.283. The van der Waals surface area contributed by atoms with Gasteiger partial charge in [-0.1, -0.05) is 24.3 Å². The number of carbonyl (C=O) groups is 2. The predicted octanol–water partition coefficient (Wildman–Crippen LogP) is 2.76. The van der Waals surface area contributed by atoms with Crippen molar-refractivity contribution in [3.63, 3.8) is 0 Å². The van der Waals surface area contributed by atoms with Crippen molar-refractivity contribution < 1.29 is 71.7 Å². The third-order valence-electron chi connectivity index (χ3n) is 6.56. The maximum atomic E-state index is 12.7. The highest BCUT2D eigenvalue weighted by molar-refractivity contribution is 7.86. The number of rotatable bonds is 10. The van der Waals surface area contributed by atoms with Crippen LogP contribution in [0, 0.1) is 0 Å². The number of hydrogen-bond acceptors (Lipinski definition) is 12. The van der Waals surface area contributed by atoms with Crippen LogP contribution >= 0.6 is 0 Å². The van der Waals surface area contributed by atoms with Crippen LogP contribution in [0.4, 0.5) is 11.4 Å². The first-order valence-corrected chi connectivity index (χ1v) is 18.9. The van der Waals surface area contributed by atoms with E-state index in [0.717, 1.165) is 72.8 Å². The Kier molecular flexibility index (Phi) is 10.2. The second kappa shape index (κ2) is 13.6. The number of nitrogens with one attached hydrogen (secondary N) is 2. The number of phenolic OH excluding ortho intramolecular Hbond substituents is 2. The third-order valence-corrected chi connectivity index (χ3v) is 10.1. The van der Waals surface area contributed by atoms with Crippen molar-refractivity contribution in [1.29, 1.82) is 0 Å². The molecule has 0 aliphatic rings. The van der Waals surface area contributed by atoms with Crippen LogP contribution in [0.5, 0.6) is 11.5 Å². The highest BCUT2D eigenvalue weighted by Crippen LogP contribution is 2.29. The molecule has 0 unspecified atom stereocenters. The minimum atomic E-state index is -5.05. The SMILES string of the molecule is O=C(Nc1ccc(/C=C\c2ccc(NC(=O)c3cc(S(=O)(=O)O)ccc3O)cc2S(=O)(=O)O)c(S(=O)(=O)O)c1)c1cc(S(=O)(=O)O)ccc1O. The molecule has 0 aliphatic heterocycles. The molecule has 264 valence electrons. The zero-order valence-electron chi connectivity index (χ0n) is 24.5. The fourth-order valence-corrected chi connectivity index (χ4v) is 6.67. The van der Waals surface area contributed by atoms with Gasteiger partial charge in [-0.15, -0.1) is 0 Å². The molecule has 8 N–H and O–H groups in total. The van der Waals surface area contributed by atoms with Crippen LogP contribution in [0.2, 0.25) is 0 Å². The molecule has 22 heteroatoms. The van der Waals surface area contributed by atoms with Crippen molar-refractivity contribution in [2.45, 2.75) is 19.6 Å². The zero-order chi connectivity index (χ0) is 37.4. The van der Waals surface area contributed by atoms with Crippen molar-refractivity contribution in [1.82, 2.24) is 0 Å². The number of aromatic hydroxyl groups is 2. The first-order chi connectivity index (χ1) is 22.9. The lowest BCUT2D eigenvalue weighted by molar-refractivity contribution is 0.101. The van der Waals surface area contributed by atoms with Crippen LogP contribution in [0.1, 0.15) is 31.8 Å². The Morgan fingerprint density at radius 3 is 1.12 bits per heavy atom. The van der Waals surface area contributed by atoms with Crippen molar-refractivity contribution in [3.05, 3.63) is 95.1 Å². The lowest BCUT2D eigenvalue weighted by Gasteiger charge is -2.11. The van der Waals surface area contributed by atoms with E-state index < -0.39 is 94.5 Å². The largest absolute Gasteiger partial charge is 0.507 e. The summed E-state index contributed by atoms with van der Waals surface area (Å²) in [5.74, 6) is -3.70. The summed E-state index contributed by atoms with van der Waals surface area (Å²) in [4.78, 5) is 22.3. The Bertz CT molecular complexity index is 2370. The Balaban J connectivity index is 1.66. The molecule has 0 radical (unpaired) electrons. The van der Waals surface area contributed by atoms with Gasteiger partial charge in [0.1, 0.15) is 21.3 Å². The topological polar surface area (TPSA) is 316 Å². The van der Waals surface area contributed by atoms with Gasteiger partial charge in [-0.3, -0.25) is 27.8 Å². The fraction of sp³-hybridized carbons (Fsp3) is 0. The third kappa shape index (κ3) is 8.87. The van der Waals surface area contributed by atoms with Crippen molar-refractivity contribution in [2.24, 2.45) is 0 Å². The average molecular weight is 771 g/mol. The molecule has 0 atom stereocenters. The molecule has 4 aromatic carbocycles. The Morgan fingerprint density at radius 1 is 0.480 bits per heavy atom. The molecular weight excluding hydrogens is 749 g/mol. The molecule has 0 bridgehead atoms. The van der Waals surface area contributed by atoms with Gasteiger partial charge in [0.15, 0.2) is 0 Å². The van der Waals surface area contributed by atoms with Gasteiger partial charge in [0.2, 0.25) is 0 Å². The number of carbonyl (C=O) groups excluding carboxylic acids is 2. The normalized spacial score (nSPS) is 12.5. The van der Waals surface area contributed by atoms with Crippen molar-refractivity contribution in [3.8, 4) is 11.5 Å². The van der Waals surface area contributed by atoms with Crippen LogP contribution in [0.15, 0.2) is 92.4 Å². The summed E-state index contributed by atoms with van der Waals surface area (Å²) >= 11 is 0. The van der Waals surface area contributed by atoms with Gasteiger partial charge in [0.05, 0.1) is 20.9 Å². The second-order valence-electron chi connectivity index (χ2n) is 10.0. The highest BCUT2D eigenvalue weighted by atomic mass is 32.2. The van der Waals surface area contributed by atoms with E-state index >= 15 is 0 Å². The molecule has 0 aliphatic carbocycles. The summed E-state index contributed by atoms with van der Waals surface area (Å²) < 4.78 is 133. The zero-order valence-corrected chi connectivity index (χ0v) is 27.7. The lowest BCUT2D eigenvalue weighted by Crippen LogP contribution is -2.14. The average Bonchev–Trinajstić information content (AvgIpc) is 2.99. The molecule has 0 heterocycles. The molecule has 4 aromatic rings. The molecule has 18 nitrogen and oxygen atoms in total. The number of anilines is 2. The van der Waals surface area contributed by atoms with E-state index in [9.17, 15) is 71.7 Å². The van der Waals surface area contributed by atoms with Gasteiger partial charge >= 0.3 is 0 Å². The van der Waals surface area contributed by atoms with Crippen LogP contribution < -0.4 is 10.6 Å². The molecule has 0 saturated heterocycles. The molecule has 0 fully saturated rings. The van der Waals surface area contributed by atoms with E-state index in [4.69, 9.17) is 0 Å². The van der Waals surface area contributed by atoms with E-state index in [1.165, 1.54) is 0 Å². The van der Waals surface area contributed by atoms with E-state index in [1.807, 2.05) is 0 Å². The Labute approximate surface area is 283 Å². The van der Waals surface area contributed by atoms with E-state index in [-0.39, 0.29) is 22.5 Å². The standard InChI is InChI=1S/C28H22N2O16S4/c31-23-9-7-19(47(35,36)37)13-21(23)27(33)29-17-5-3-15(25(11-17)49(41,42)43)1-2-16-4-6-18(12-26(16)50(44,45)46)30-28(34)22-14-20(48(38,39)40)8-10-24(22)32/h1-14,31-32H,(H,29,33)(H,30,34)(H,35,36,37)(H,38,39,40)(H,41,42,43)(H,44,45,46)/b2-1-. The molecule has 0 aromatic heterocycles. The first kappa shape index (κ1) is 37.6. The quantitative estimate of drug-likeness (QED) is 0.0849. The summed E-state index contributed by atoms with van der Waals surface area (Å²) in [7, 11) is -19.6. The van der Waals surface area contributed by atoms with Crippen molar-refractivity contribution >= 4 is 75.8 Å². The molecule has 0 spiro atoms. The predicted molar refractivity (Wildman–Crippen MR) is 173 cm³/mol.